The maximum atomic E-state index is 12.3. The molecule has 1 heterocycles. The third-order valence-electron chi connectivity index (χ3n) is 5.23. The van der Waals surface area contributed by atoms with Gasteiger partial charge in [-0.2, -0.15) is 0 Å². The van der Waals surface area contributed by atoms with E-state index in [1.165, 1.54) is 5.56 Å². The van der Waals surface area contributed by atoms with Crippen LogP contribution in [0.1, 0.15) is 24.8 Å². The summed E-state index contributed by atoms with van der Waals surface area (Å²) in [6.45, 7) is 2.38. The first-order chi connectivity index (χ1) is 13.1. The second-order valence-corrected chi connectivity index (χ2v) is 7.20. The Bertz CT molecular complexity index is 720. The molecule has 1 fully saturated rings. The number of rotatable bonds is 7. The first-order valence-electron chi connectivity index (χ1n) is 9.56. The standard InChI is InChI=1S/C22H28N2O3/c1-27-21-10-6-19(7-11-21)23-22(26)16-24-14-12-18(13-15-24)3-2-17-4-8-20(25)9-5-17/h4-11,18,25H,2-3,12-16H2,1H3,(H,23,26). The van der Waals surface area contributed by atoms with Crippen molar-refractivity contribution in [3.8, 4) is 11.5 Å². The highest BCUT2D eigenvalue weighted by molar-refractivity contribution is 5.92. The number of hydrogen-bond acceptors (Lipinski definition) is 4. The fourth-order valence-corrected chi connectivity index (χ4v) is 3.54. The van der Waals surface area contributed by atoms with Gasteiger partial charge >= 0.3 is 0 Å². The number of anilines is 1. The maximum Gasteiger partial charge on any atom is 0.238 e. The van der Waals surface area contributed by atoms with Crippen LogP contribution in [-0.4, -0.2) is 42.7 Å². The number of nitrogens with one attached hydrogen (secondary N) is 1. The van der Waals surface area contributed by atoms with Gasteiger partial charge in [0, 0.05) is 5.69 Å². The number of likely N-dealkylation sites (tertiary alicyclic amines) is 1. The summed E-state index contributed by atoms with van der Waals surface area (Å²) in [6, 6.07) is 14.9. The van der Waals surface area contributed by atoms with Gasteiger partial charge in [0.05, 0.1) is 13.7 Å². The van der Waals surface area contributed by atoms with E-state index < -0.39 is 0 Å². The molecule has 2 N–H and O–H groups in total. The normalized spacial score (nSPS) is 15.4. The number of carbonyl (C=O) groups excluding carboxylic acids is 1. The molecule has 0 spiro atoms. The van der Waals surface area contributed by atoms with Gasteiger partial charge < -0.3 is 15.2 Å². The molecule has 1 aliphatic rings. The molecule has 0 aromatic heterocycles. The summed E-state index contributed by atoms with van der Waals surface area (Å²) in [7, 11) is 1.63. The Morgan fingerprint density at radius 1 is 1.11 bits per heavy atom. The molecule has 2 aromatic carbocycles. The van der Waals surface area contributed by atoms with E-state index in [2.05, 4.69) is 10.2 Å². The summed E-state index contributed by atoms with van der Waals surface area (Å²) in [5.41, 5.74) is 2.07. The minimum Gasteiger partial charge on any atom is -0.508 e. The molecule has 0 unspecified atom stereocenters. The third kappa shape index (κ3) is 6.00. The van der Waals surface area contributed by atoms with E-state index >= 15 is 0 Å². The Morgan fingerprint density at radius 2 is 1.78 bits per heavy atom. The van der Waals surface area contributed by atoms with Gasteiger partial charge in [-0.15, -0.1) is 0 Å². The predicted molar refractivity (Wildman–Crippen MR) is 107 cm³/mol. The average molecular weight is 368 g/mol. The quantitative estimate of drug-likeness (QED) is 0.783. The van der Waals surface area contributed by atoms with Crippen molar-refractivity contribution in [2.24, 2.45) is 5.92 Å². The number of piperidine rings is 1. The summed E-state index contributed by atoms with van der Waals surface area (Å²) < 4.78 is 5.13. The Morgan fingerprint density at radius 3 is 2.41 bits per heavy atom. The number of aryl methyl sites for hydroxylation is 1. The molecule has 0 aliphatic carbocycles. The molecule has 1 amide bonds. The highest BCUT2D eigenvalue weighted by Crippen LogP contribution is 2.23. The largest absolute Gasteiger partial charge is 0.508 e. The monoisotopic (exact) mass is 368 g/mol. The first-order valence-corrected chi connectivity index (χ1v) is 9.56. The fraction of sp³-hybridized carbons (Fsp3) is 0.409. The van der Waals surface area contributed by atoms with Crippen LogP contribution in [0.2, 0.25) is 0 Å². The minimum atomic E-state index is 0.0303. The average Bonchev–Trinajstić information content (AvgIpc) is 2.69. The Kier molecular flexibility index (Phi) is 6.71. The van der Waals surface area contributed by atoms with Gasteiger partial charge in [-0.3, -0.25) is 9.69 Å². The number of amides is 1. The van der Waals surface area contributed by atoms with E-state index in [0.717, 1.165) is 50.2 Å². The lowest BCUT2D eigenvalue weighted by molar-refractivity contribution is -0.117. The predicted octanol–water partition coefficient (Wildman–Crippen LogP) is 3.68. The Labute approximate surface area is 161 Å². The lowest BCUT2D eigenvalue weighted by Gasteiger charge is -2.31. The van der Waals surface area contributed by atoms with Crippen molar-refractivity contribution >= 4 is 11.6 Å². The number of hydrogen-bond donors (Lipinski definition) is 2. The van der Waals surface area contributed by atoms with Gasteiger partial charge in [0.1, 0.15) is 11.5 Å². The van der Waals surface area contributed by atoms with Crippen LogP contribution >= 0.6 is 0 Å². The molecule has 0 atom stereocenters. The van der Waals surface area contributed by atoms with Crippen LogP contribution in [0, 0.1) is 5.92 Å². The van der Waals surface area contributed by atoms with Crippen LogP contribution in [0.4, 0.5) is 5.69 Å². The maximum absolute atomic E-state index is 12.3. The molecule has 1 saturated heterocycles. The van der Waals surface area contributed by atoms with Gasteiger partial charge in [-0.25, -0.2) is 0 Å². The molecule has 1 aliphatic heterocycles. The number of nitrogens with zero attached hydrogens (tertiary/aromatic N) is 1. The highest BCUT2D eigenvalue weighted by atomic mass is 16.5. The molecule has 5 nitrogen and oxygen atoms in total. The van der Waals surface area contributed by atoms with Gasteiger partial charge in [0.2, 0.25) is 5.91 Å². The van der Waals surface area contributed by atoms with Crippen LogP contribution < -0.4 is 10.1 Å². The van der Waals surface area contributed by atoms with E-state index in [0.29, 0.717) is 18.2 Å². The van der Waals surface area contributed by atoms with Crippen molar-refractivity contribution in [1.29, 1.82) is 0 Å². The second kappa shape index (κ2) is 9.42. The Hall–Kier alpha value is -2.53. The molecule has 0 bridgehead atoms. The van der Waals surface area contributed by atoms with Crippen LogP contribution in [0.3, 0.4) is 0 Å². The number of carbonyl (C=O) groups is 1. The number of ether oxygens (including phenoxy) is 1. The molecule has 5 heteroatoms. The minimum absolute atomic E-state index is 0.0303. The molecule has 2 aromatic rings. The summed E-state index contributed by atoms with van der Waals surface area (Å²) in [5.74, 6) is 1.84. The molecule has 0 saturated carbocycles. The SMILES string of the molecule is COc1ccc(NC(=O)CN2CCC(CCc3ccc(O)cc3)CC2)cc1. The van der Waals surface area contributed by atoms with Gasteiger partial charge in [0.25, 0.3) is 0 Å². The van der Waals surface area contributed by atoms with Crippen LogP contribution in [0.15, 0.2) is 48.5 Å². The zero-order valence-electron chi connectivity index (χ0n) is 15.9. The number of phenolic OH excluding ortho intramolecular Hbond substituents is 1. The van der Waals surface area contributed by atoms with Crippen molar-refractivity contribution in [2.75, 3.05) is 32.1 Å². The zero-order valence-corrected chi connectivity index (χ0v) is 15.9. The van der Waals surface area contributed by atoms with Crippen molar-refractivity contribution in [3.05, 3.63) is 54.1 Å². The number of benzene rings is 2. The smallest absolute Gasteiger partial charge is 0.238 e. The van der Waals surface area contributed by atoms with E-state index in [1.807, 2.05) is 36.4 Å². The number of phenols is 1. The summed E-state index contributed by atoms with van der Waals surface area (Å²) >= 11 is 0. The van der Waals surface area contributed by atoms with Gasteiger partial charge in [-0.1, -0.05) is 12.1 Å². The lowest BCUT2D eigenvalue weighted by Crippen LogP contribution is -2.39. The van der Waals surface area contributed by atoms with E-state index in [9.17, 15) is 9.90 Å². The second-order valence-electron chi connectivity index (χ2n) is 7.20. The lowest BCUT2D eigenvalue weighted by atomic mass is 9.90. The molecule has 3 rings (SSSR count). The molecular formula is C22H28N2O3. The van der Waals surface area contributed by atoms with Gasteiger partial charge in [0.15, 0.2) is 0 Å². The van der Waals surface area contributed by atoms with Crippen molar-refractivity contribution in [3.63, 3.8) is 0 Å². The van der Waals surface area contributed by atoms with Crippen LogP contribution in [-0.2, 0) is 11.2 Å². The van der Waals surface area contributed by atoms with Crippen LogP contribution in [0.25, 0.3) is 0 Å². The van der Waals surface area contributed by atoms with Crippen molar-refractivity contribution < 1.29 is 14.6 Å². The van der Waals surface area contributed by atoms with Crippen molar-refractivity contribution in [1.82, 2.24) is 4.90 Å². The van der Waals surface area contributed by atoms with E-state index in [-0.39, 0.29) is 5.91 Å². The van der Waals surface area contributed by atoms with Crippen LogP contribution in [0.5, 0.6) is 11.5 Å². The molecular weight excluding hydrogens is 340 g/mol. The van der Waals surface area contributed by atoms with Crippen molar-refractivity contribution in [2.45, 2.75) is 25.7 Å². The zero-order chi connectivity index (χ0) is 19.1. The number of aromatic hydroxyl groups is 1. The van der Waals surface area contributed by atoms with E-state index in [4.69, 9.17) is 4.74 Å². The van der Waals surface area contributed by atoms with Gasteiger partial charge in [-0.05, 0) is 86.7 Å². The number of methoxy groups -OCH3 is 1. The third-order valence-corrected chi connectivity index (χ3v) is 5.23. The first kappa shape index (κ1) is 19.2. The molecule has 27 heavy (non-hydrogen) atoms. The molecule has 144 valence electrons. The fourth-order valence-electron chi connectivity index (χ4n) is 3.54. The summed E-state index contributed by atoms with van der Waals surface area (Å²) in [4.78, 5) is 14.5. The topological polar surface area (TPSA) is 61.8 Å². The molecule has 0 radical (unpaired) electrons. The summed E-state index contributed by atoms with van der Waals surface area (Å²) in [5, 5.41) is 12.3. The van der Waals surface area contributed by atoms with E-state index in [1.54, 1.807) is 19.2 Å². The highest BCUT2D eigenvalue weighted by Gasteiger charge is 2.20. The Balaban J connectivity index is 1.37. The summed E-state index contributed by atoms with van der Waals surface area (Å²) in [6.07, 6.45) is 4.47.